The summed E-state index contributed by atoms with van der Waals surface area (Å²) in [5.74, 6) is 0.617. The molecule has 2 aromatic rings. The van der Waals surface area contributed by atoms with Gasteiger partial charge in [0.05, 0.1) is 6.57 Å². The summed E-state index contributed by atoms with van der Waals surface area (Å²) in [5, 5.41) is 0. The average Bonchev–Trinajstić information content (AvgIpc) is 2.34. The Morgan fingerprint density at radius 1 is 1.29 bits per heavy atom. The second-order valence-corrected chi connectivity index (χ2v) is 3.78. The van der Waals surface area contributed by atoms with E-state index in [4.69, 9.17) is 6.57 Å². The van der Waals surface area contributed by atoms with Crippen LogP contribution in [-0.4, -0.2) is 9.55 Å². The van der Waals surface area contributed by atoms with Crippen LogP contribution >= 0.6 is 0 Å². The van der Waals surface area contributed by atoms with Gasteiger partial charge >= 0.3 is 0 Å². The van der Waals surface area contributed by atoms with Gasteiger partial charge < -0.3 is 0 Å². The molecule has 0 saturated heterocycles. The van der Waals surface area contributed by atoms with Gasteiger partial charge in [0.2, 0.25) is 0 Å². The topological polar surface area (TPSA) is 39.2 Å². The molecule has 4 heteroatoms. The Morgan fingerprint density at radius 2 is 1.94 bits per heavy atom. The zero-order chi connectivity index (χ0) is 12.4. The summed E-state index contributed by atoms with van der Waals surface area (Å²) >= 11 is 0. The lowest BCUT2D eigenvalue weighted by Crippen LogP contribution is -2.19. The number of aromatic nitrogens is 2. The van der Waals surface area contributed by atoms with Gasteiger partial charge in [-0.2, -0.15) is 0 Å². The Balaban J connectivity index is 2.60. The van der Waals surface area contributed by atoms with Gasteiger partial charge in [0, 0.05) is 24.4 Å². The highest BCUT2D eigenvalue weighted by Crippen LogP contribution is 2.19. The molecule has 0 N–H and O–H groups in total. The number of rotatable bonds is 1. The molecule has 17 heavy (non-hydrogen) atoms. The SMILES string of the molecule is [C-]#[N+]c1ccc(-c2nc(C)cc(=O)n2C)cc1. The lowest BCUT2D eigenvalue weighted by molar-refractivity contribution is 0.827. The van der Waals surface area contributed by atoms with Crippen LogP contribution in [0.1, 0.15) is 5.69 Å². The highest BCUT2D eigenvalue weighted by Gasteiger charge is 2.06. The van der Waals surface area contributed by atoms with E-state index in [9.17, 15) is 4.79 Å². The molecule has 0 spiro atoms. The summed E-state index contributed by atoms with van der Waals surface area (Å²) in [6.07, 6.45) is 0. The molecule has 0 bridgehead atoms. The first-order chi connectivity index (χ1) is 8.11. The smallest absolute Gasteiger partial charge is 0.253 e. The minimum atomic E-state index is -0.0817. The first-order valence-corrected chi connectivity index (χ1v) is 5.14. The van der Waals surface area contributed by atoms with E-state index in [2.05, 4.69) is 9.83 Å². The molecule has 2 rings (SSSR count). The molecule has 0 fully saturated rings. The first-order valence-electron chi connectivity index (χ1n) is 5.14. The second-order valence-electron chi connectivity index (χ2n) is 3.78. The van der Waals surface area contributed by atoms with Crippen molar-refractivity contribution in [3.8, 4) is 11.4 Å². The predicted octanol–water partition coefficient (Wildman–Crippen LogP) is 2.31. The van der Waals surface area contributed by atoms with Gasteiger partial charge in [-0.05, 0) is 6.92 Å². The maximum Gasteiger partial charge on any atom is 0.253 e. The van der Waals surface area contributed by atoms with Crippen LogP contribution in [0.25, 0.3) is 16.2 Å². The van der Waals surface area contributed by atoms with Gasteiger partial charge in [-0.3, -0.25) is 9.36 Å². The van der Waals surface area contributed by atoms with E-state index in [1.165, 1.54) is 10.6 Å². The van der Waals surface area contributed by atoms with Crippen molar-refractivity contribution in [2.45, 2.75) is 6.92 Å². The minimum absolute atomic E-state index is 0.0817. The summed E-state index contributed by atoms with van der Waals surface area (Å²) in [6.45, 7) is 8.67. The number of nitrogens with zero attached hydrogens (tertiary/aromatic N) is 3. The largest absolute Gasteiger partial charge is 0.296 e. The van der Waals surface area contributed by atoms with Gasteiger partial charge in [0.15, 0.2) is 5.69 Å². The number of hydrogen-bond donors (Lipinski definition) is 0. The molecule has 84 valence electrons. The van der Waals surface area contributed by atoms with Crippen molar-refractivity contribution < 1.29 is 0 Å². The zero-order valence-electron chi connectivity index (χ0n) is 9.64. The van der Waals surface area contributed by atoms with Crippen LogP contribution in [0.2, 0.25) is 0 Å². The molecule has 0 saturated carbocycles. The van der Waals surface area contributed by atoms with Crippen LogP contribution in [0.15, 0.2) is 35.1 Å². The summed E-state index contributed by atoms with van der Waals surface area (Å²) in [7, 11) is 1.69. The molecular formula is C13H11N3O. The molecule has 0 aliphatic rings. The Hall–Kier alpha value is -2.41. The fraction of sp³-hybridized carbons (Fsp3) is 0.154. The number of aryl methyl sites for hydroxylation is 1. The maximum atomic E-state index is 11.6. The van der Waals surface area contributed by atoms with E-state index in [1.807, 2.05) is 0 Å². The standard InChI is InChI=1S/C13H11N3O/c1-9-8-12(17)16(3)13(15-9)10-4-6-11(14-2)7-5-10/h4-8H,1,3H3. The Bertz CT molecular complexity index is 648. The van der Waals surface area contributed by atoms with E-state index in [-0.39, 0.29) is 5.56 Å². The van der Waals surface area contributed by atoms with Gasteiger partial charge in [-0.1, -0.05) is 24.3 Å². The first kappa shape index (κ1) is 11.1. The molecule has 0 unspecified atom stereocenters. The normalized spacial score (nSPS) is 9.94. The van der Waals surface area contributed by atoms with Crippen LogP contribution in [0, 0.1) is 13.5 Å². The fourth-order valence-corrected chi connectivity index (χ4v) is 1.60. The van der Waals surface area contributed by atoms with E-state index >= 15 is 0 Å². The molecule has 1 aromatic carbocycles. The van der Waals surface area contributed by atoms with E-state index in [1.54, 1.807) is 38.2 Å². The third-order valence-electron chi connectivity index (χ3n) is 2.52. The van der Waals surface area contributed by atoms with E-state index in [0.717, 1.165) is 5.56 Å². The molecule has 0 amide bonds. The van der Waals surface area contributed by atoms with E-state index in [0.29, 0.717) is 17.2 Å². The Labute approximate surface area is 99.0 Å². The third-order valence-corrected chi connectivity index (χ3v) is 2.52. The average molecular weight is 225 g/mol. The summed E-state index contributed by atoms with van der Waals surface area (Å²) < 4.78 is 1.50. The zero-order valence-corrected chi connectivity index (χ0v) is 9.64. The van der Waals surface area contributed by atoms with Crippen molar-refractivity contribution in [1.29, 1.82) is 0 Å². The van der Waals surface area contributed by atoms with Crippen LogP contribution in [-0.2, 0) is 7.05 Å². The minimum Gasteiger partial charge on any atom is -0.296 e. The van der Waals surface area contributed by atoms with Crippen molar-refractivity contribution in [1.82, 2.24) is 9.55 Å². The quantitative estimate of drug-likeness (QED) is 0.698. The van der Waals surface area contributed by atoms with Crippen LogP contribution in [0.3, 0.4) is 0 Å². The fourth-order valence-electron chi connectivity index (χ4n) is 1.60. The molecular weight excluding hydrogens is 214 g/mol. The lowest BCUT2D eigenvalue weighted by Gasteiger charge is -2.07. The van der Waals surface area contributed by atoms with Crippen LogP contribution in [0.4, 0.5) is 5.69 Å². The van der Waals surface area contributed by atoms with Crippen LogP contribution < -0.4 is 5.56 Å². The lowest BCUT2D eigenvalue weighted by atomic mass is 10.2. The number of hydrogen-bond acceptors (Lipinski definition) is 2. The van der Waals surface area contributed by atoms with Crippen LogP contribution in [0.5, 0.6) is 0 Å². The number of benzene rings is 1. The summed E-state index contributed by atoms with van der Waals surface area (Å²) in [6, 6.07) is 8.54. The van der Waals surface area contributed by atoms with Gasteiger partial charge in [-0.25, -0.2) is 9.83 Å². The molecule has 0 aliphatic carbocycles. The molecule has 4 nitrogen and oxygen atoms in total. The van der Waals surface area contributed by atoms with E-state index < -0.39 is 0 Å². The Morgan fingerprint density at radius 3 is 2.53 bits per heavy atom. The van der Waals surface area contributed by atoms with Crippen molar-refractivity contribution >= 4 is 5.69 Å². The predicted molar refractivity (Wildman–Crippen MR) is 65.9 cm³/mol. The third kappa shape index (κ3) is 2.08. The van der Waals surface area contributed by atoms with Crippen molar-refractivity contribution in [3.63, 3.8) is 0 Å². The highest BCUT2D eigenvalue weighted by atomic mass is 16.1. The Kier molecular flexibility index (Phi) is 2.75. The molecule has 0 atom stereocenters. The maximum absolute atomic E-state index is 11.6. The van der Waals surface area contributed by atoms with Crippen molar-refractivity contribution in [2.75, 3.05) is 0 Å². The molecule has 0 radical (unpaired) electrons. The molecule has 0 aliphatic heterocycles. The van der Waals surface area contributed by atoms with Crippen molar-refractivity contribution in [2.24, 2.45) is 7.05 Å². The monoisotopic (exact) mass is 225 g/mol. The molecule has 1 heterocycles. The van der Waals surface area contributed by atoms with Gasteiger partial charge in [0.25, 0.3) is 5.56 Å². The van der Waals surface area contributed by atoms with Gasteiger partial charge in [0.1, 0.15) is 5.82 Å². The summed E-state index contributed by atoms with van der Waals surface area (Å²) in [5.41, 5.74) is 2.02. The second kappa shape index (κ2) is 4.22. The van der Waals surface area contributed by atoms with Gasteiger partial charge in [-0.15, -0.1) is 0 Å². The molecule has 1 aromatic heterocycles. The van der Waals surface area contributed by atoms with Crippen molar-refractivity contribution in [3.05, 3.63) is 57.8 Å². The highest BCUT2D eigenvalue weighted by molar-refractivity contribution is 5.60. The summed E-state index contributed by atoms with van der Waals surface area (Å²) in [4.78, 5) is 19.3.